The van der Waals surface area contributed by atoms with Gasteiger partial charge in [0.05, 0.1) is 6.42 Å². The van der Waals surface area contributed by atoms with Crippen molar-refractivity contribution in [2.75, 3.05) is 0 Å². The van der Waals surface area contributed by atoms with Crippen LogP contribution in [0.1, 0.15) is 26.3 Å². The van der Waals surface area contributed by atoms with Crippen LogP contribution in [0.3, 0.4) is 0 Å². The topological polar surface area (TPSA) is 49.3 Å². The Morgan fingerprint density at radius 2 is 2.06 bits per heavy atom. The van der Waals surface area contributed by atoms with Gasteiger partial charge in [-0.25, -0.2) is 0 Å². The van der Waals surface area contributed by atoms with E-state index in [4.69, 9.17) is 0 Å². The lowest BCUT2D eigenvalue weighted by atomic mass is 10.0. The van der Waals surface area contributed by atoms with Gasteiger partial charge < -0.3 is 10.4 Å². The van der Waals surface area contributed by atoms with Crippen molar-refractivity contribution in [3.8, 4) is 5.75 Å². The molecule has 1 unspecified atom stereocenters. The molecule has 0 saturated heterocycles. The molecule has 0 fully saturated rings. The van der Waals surface area contributed by atoms with Crippen molar-refractivity contribution in [2.24, 2.45) is 0 Å². The molecule has 94 valence electrons. The number of rotatable bonds is 4. The molecule has 1 rings (SSSR count). The average Bonchev–Trinajstić information content (AvgIpc) is 2.20. The predicted octanol–water partition coefficient (Wildman–Crippen LogP) is 2.61. The van der Waals surface area contributed by atoms with Gasteiger partial charge in [-0.1, -0.05) is 41.1 Å². The third kappa shape index (κ3) is 4.04. The van der Waals surface area contributed by atoms with Gasteiger partial charge in [0, 0.05) is 15.9 Å². The van der Waals surface area contributed by atoms with E-state index in [0.717, 1.165) is 0 Å². The highest BCUT2D eigenvalue weighted by atomic mass is 79.9. The molecule has 0 radical (unpaired) electrons. The van der Waals surface area contributed by atoms with E-state index in [1.54, 1.807) is 24.3 Å². The van der Waals surface area contributed by atoms with Crippen molar-refractivity contribution in [1.29, 1.82) is 0 Å². The minimum atomic E-state index is -0.318. The third-order valence-electron chi connectivity index (χ3n) is 2.80. The number of aromatic hydroxyl groups is 1. The van der Waals surface area contributed by atoms with E-state index in [9.17, 15) is 9.90 Å². The zero-order chi connectivity index (χ0) is 13.1. The van der Waals surface area contributed by atoms with E-state index in [2.05, 4.69) is 21.2 Å². The van der Waals surface area contributed by atoms with Crippen LogP contribution in [0.25, 0.3) is 0 Å². The molecule has 0 heterocycles. The summed E-state index contributed by atoms with van der Waals surface area (Å²) in [5.74, 6) is 0.0650. The number of halogens is 1. The Balaban J connectivity index is 2.66. The maximum atomic E-state index is 11.8. The number of phenolic OH excluding ortho intramolecular Hbond substituents is 1. The molecule has 0 saturated carbocycles. The SMILES string of the molecule is CC(Br)C(C)(C)NC(=O)Cc1ccccc1O. The molecular formula is C13H18BrNO2. The largest absolute Gasteiger partial charge is 0.508 e. The summed E-state index contributed by atoms with van der Waals surface area (Å²) in [5, 5.41) is 12.5. The van der Waals surface area contributed by atoms with Crippen LogP contribution in [0.15, 0.2) is 24.3 Å². The van der Waals surface area contributed by atoms with E-state index >= 15 is 0 Å². The van der Waals surface area contributed by atoms with Gasteiger partial charge in [0.1, 0.15) is 5.75 Å². The van der Waals surface area contributed by atoms with Crippen molar-refractivity contribution in [3.63, 3.8) is 0 Å². The second-order valence-corrected chi connectivity index (χ2v) is 6.06. The lowest BCUT2D eigenvalue weighted by Crippen LogP contribution is -2.49. The van der Waals surface area contributed by atoms with Crippen molar-refractivity contribution < 1.29 is 9.90 Å². The fourth-order valence-corrected chi connectivity index (χ4v) is 1.45. The third-order valence-corrected chi connectivity index (χ3v) is 3.94. The molecule has 0 aliphatic carbocycles. The van der Waals surface area contributed by atoms with Crippen LogP contribution in [0.2, 0.25) is 0 Å². The monoisotopic (exact) mass is 299 g/mol. The molecule has 0 aliphatic rings. The summed E-state index contributed by atoms with van der Waals surface area (Å²) in [4.78, 5) is 12.0. The zero-order valence-corrected chi connectivity index (χ0v) is 11.9. The van der Waals surface area contributed by atoms with E-state index < -0.39 is 0 Å². The Hall–Kier alpha value is -1.03. The normalized spacial score (nSPS) is 13.2. The number of carbonyl (C=O) groups is 1. The van der Waals surface area contributed by atoms with E-state index in [-0.39, 0.29) is 28.4 Å². The Kier molecular flexibility index (Phi) is 4.57. The maximum Gasteiger partial charge on any atom is 0.225 e. The van der Waals surface area contributed by atoms with E-state index in [0.29, 0.717) is 5.56 Å². The van der Waals surface area contributed by atoms with Crippen LogP contribution in [0, 0.1) is 0 Å². The number of amides is 1. The molecule has 1 atom stereocenters. The van der Waals surface area contributed by atoms with Crippen LogP contribution in [0.5, 0.6) is 5.75 Å². The van der Waals surface area contributed by atoms with Crippen molar-refractivity contribution in [3.05, 3.63) is 29.8 Å². The average molecular weight is 300 g/mol. The first kappa shape index (κ1) is 14.0. The lowest BCUT2D eigenvalue weighted by molar-refractivity contribution is -0.122. The number of hydrogen-bond donors (Lipinski definition) is 2. The molecule has 3 nitrogen and oxygen atoms in total. The Morgan fingerprint density at radius 1 is 1.47 bits per heavy atom. The molecule has 1 aromatic rings. The molecule has 1 aromatic carbocycles. The van der Waals surface area contributed by atoms with Gasteiger partial charge in [-0.15, -0.1) is 0 Å². The van der Waals surface area contributed by atoms with Gasteiger partial charge >= 0.3 is 0 Å². The molecule has 1 amide bonds. The maximum absolute atomic E-state index is 11.8. The highest BCUT2D eigenvalue weighted by molar-refractivity contribution is 9.09. The second-order valence-electron chi connectivity index (χ2n) is 4.69. The summed E-state index contributed by atoms with van der Waals surface area (Å²) in [6, 6.07) is 6.88. The minimum absolute atomic E-state index is 0.0946. The molecule has 0 aliphatic heterocycles. The molecule has 17 heavy (non-hydrogen) atoms. The Morgan fingerprint density at radius 3 is 2.59 bits per heavy atom. The summed E-state index contributed by atoms with van der Waals surface area (Å²) >= 11 is 3.46. The quantitative estimate of drug-likeness (QED) is 0.840. The molecule has 0 aromatic heterocycles. The van der Waals surface area contributed by atoms with Crippen LogP contribution >= 0.6 is 15.9 Å². The predicted molar refractivity (Wildman–Crippen MR) is 72.4 cm³/mol. The van der Waals surface area contributed by atoms with Crippen molar-refractivity contribution >= 4 is 21.8 Å². The number of para-hydroxylation sites is 1. The smallest absolute Gasteiger partial charge is 0.225 e. The van der Waals surface area contributed by atoms with Gasteiger partial charge in [-0.05, 0) is 19.9 Å². The van der Waals surface area contributed by atoms with Crippen LogP contribution < -0.4 is 5.32 Å². The molecular weight excluding hydrogens is 282 g/mol. The van der Waals surface area contributed by atoms with E-state index in [1.807, 2.05) is 20.8 Å². The second kappa shape index (κ2) is 5.54. The number of alkyl halides is 1. The van der Waals surface area contributed by atoms with Crippen molar-refractivity contribution in [2.45, 2.75) is 37.6 Å². The fourth-order valence-electron chi connectivity index (χ4n) is 1.34. The minimum Gasteiger partial charge on any atom is -0.508 e. The van der Waals surface area contributed by atoms with Gasteiger partial charge in [-0.2, -0.15) is 0 Å². The standard InChI is InChI=1S/C13H18BrNO2/c1-9(14)13(2,3)15-12(17)8-10-6-4-5-7-11(10)16/h4-7,9,16H,8H2,1-3H3,(H,15,17). The van der Waals surface area contributed by atoms with Gasteiger partial charge in [0.15, 0.2) is 0 Å². The Labute approximate surface area is 110 Å². The summed E-state index contributed by atoms with van der Waals surface area (Å²) in [6.45, 7) is 5.89. The zero-order valence-electron chi connectivity index (χ0n) is 10.3. The van der Waals surface area contributed by atoms with Crippen LogP contribution in [-0.2, 0) is 11.2 Å². The summed E-state index contributed by atoms with van der Waals surface area (Å²) in [5.41, 5.74) is 0.324. The highest BCUT2D eigenvalue weighted by Gasteiger charge is 2.25. The number of phenols is 1. The Bertz CT molecular complexity index is 402. The number of nitrogens with one attached hydrogen (secondary N) is 1. The van der Waals surface area contributed by atoms with Crippen molar-refractivity contribution in [1.82, 2.24) is 5.32 Å². The molecule has 0 bridgehead atoms. The molecule has 2 N–H and O–H groups in total. The molecule has 0 spiro atoms. The first-order valence-corrected chi connectivity index (χ1v) is 6.46. The molecule has 4 heteroatoms. The summed E-state index contributed by atoms with van der Waals surface area (Å²) in [7, 11) is 0. The first-order valence-electron chi connectivity index (χ1n) is 5.55. The van der Waals surface area contributed by atoms with Gasteiger partial charge in [0.25, 0.3) is 0 Å². The fraction of sp³-hybridized carbons (Fsp3) is 0.462. The first-order chi connectivity index (χ1) is 7.83. The van der Waals surface area contributed by atoms with Gasteiger partial charge in [-0.3, -0.25) is 4.79 Å². The highest BCUT2D eigenvalue weighted by Crippen LogP contribution is 2.19. The van der Waals surface area contributed by atoms with Gasteiger partial charge in [0.2, 0.25) is 5.91 Å². The number of carbonyl (C=O) groups excluding carboxylic acids is 1. The lowest BCUT2D eigenvalue weighted by Gasteiger charge is -2.29. The number of benzene rings is 1. The summed E-state index contributed by atoms with van der Waals surface area (Å²) < 4.78 is 0. The van der Waals surface area contributed by atoms with Crippen LogP contribution in [-0.4, -0.2) is 21.4 Å². The van der Waals surface area contributed by atoms with E-state index in [1.165, 1.54) is 0 Å². The van der Waals surface area contributed by atoms with Crippen LogP contribution in [0.4, 0.5) is 0 Å². The summed E-state index contributed by atoms with van der Waals surface area (Å²) in [6.07, 6.45) is 0.190. The number of hydrogen-bond acceptors (Lipinski definition) is 2.